The second-order valence-electron chi connectivity index (χ2n) is 5.06. The smallest absolute Gasteiger partial charge is 0.279 e. The van der Waals surface area contributed by atoms with Crippen molar-refractivity contribution in [3.63, 3.8) is 0 Å². The van der Waals surface area contributed by atoms with Gasteiger partial charge in [0.05, 0.1) is 11.1 Å². The van der Waals surface area contributed by atoms with Crippen LogP contribution in [-0.4, -0.2) is 15.8 Å². The van der Waals surface area contributed by atoms with Crippen LogP contribution in [0.1, 0.15) is 12.0 Å². The molecular formula is C16H14N6OS. The summed E-state index contributed by atoms with van der Waals surface area (Å²) in [5.41, 5.74) is 13.7. The molecule has 24 heavy (non-hydrogen) atoms. The van der Waals surface area contributed by atoms with Crippen molar-refractivity contribution in [3.8, 4) is 10.7 Å². The minimum absolute atomic E-state index is 0.250. The number of nitrogens with zero attached hydrogens (tertiary/aromatic N) is 4. The van der Waals surface area contributed by atoms with E-state index in [1.54, 1.807) is 12.3 Å². The fourth-order valence-electron chi connectivity index (χ4n) is 2.25. The third kappa shape index (κ3) is 3.49. The molecule has 3 N–H and O–H groups in total. The van der Waals surface area contributed by atoms with Gasteiger partial charge in [0, 0.05) is 17.3 Å². The lowest BCUT2D eigenvalue weighted by molar-refractivity contribution is 0.947. The number of amidine groups is 1. The van der Waals surface area contributed by atoms with Crippen LogP contribution in [0.2, 0.25) is 0 Å². The zero-order valence-electron chi connectivity index (χ0n) is 12.6. The Morgan fingerprint density at radius 1 is 1.29 bits per heavy atom. The van der Waals surface area contributed by atoms with E-state index in [1.165, 1.54) is 11.3 Å². The van der Waals surface area contributed by atoms with Crippen LogP contribution in [0, 0.1) is 5.53 Å². The molecule has 0 radical (unpaired) electrons. The lowest BCUT2D eigenvalue weighted by Gasteiger charge is -2.04. The van der Waals surface area contributed by atoms with E-state index < -0.39 is 0 Å². The number of aromatic nitrogens is 2. The van der Waals surface area contributed by atoms with E-state index >= 15 is 0 Å². The highest BCUT2D eigenvalue weighted by Gasteiger charge is 2.08. The van der Waals surface area contributed by atoms with Crippen LogP contribution in [0.3, 0.4) is 0 Å². The Labute approximate surface area is 141 Å². The quantitative estimate of drug-likeness (QED) is 0.322. The van der Waals surface area contributed by atoms with Crippen molar-refractivity contribution >= 4 is 27.3 Å². The number of aryl methyl sites for hydroxylation is 1. The zero-order chi connectivity index (χ0) is 16.9. The van der Waals surface area contributed by atoms with Crippen molar-refractivity contribution in [2.75, 3.05) is 0 Å². The third-order valence-corrected chi connectivity index (χ3v) is 4.49. The van der Waals surface area contributed by atoms with Gasteiger partial charge in [0.1, 0.15) is 10.8 Å². The molecule has 8 heteroatoms. The molecule has 7 nitrogen and oxygen atoms in total. The van der Waals surface area contributed by atoms with Gasteiger partial charge in [0.15, 0.2) is 0 Å². The highest BCUT2D eigenvalue weighted by Crippen LogP contribution is 2.25. The highest BCUT2D eigenvalue weighted by atomic mass is 32.1. The summed E-state index contributed by atoms with van der Waals surface area (Å²) in [5, 5.41) is 7.60. The molecule has 0 aliphatic carbocycles. The average Bonchev–Trinajstić information content (AvgIpc) is 2.60. The van der Waals surface area contributed by atoms with Crippen LogP contribution in [0.25, 0.3) is 20.8 Å². The number of pyridine rings is 1. The molecule has 0 fully saturated rings. The fourth-order valence-corrected chi connectivity index (χ4v) is 3.22. The fraction of sp³-hybridized carbons (Fsp3) is 0.125. The van der Waals surface area contributed by atoms with Gasteiger partial charge >= 0.3 is 0 Å². The molecule has 0 atom stereocenters. The van der Waals surface area contributed by atoms with Crippen molar-refractivity contribution < 1.29 is 0 Å². The number of hydrogen-bond acceptors (Lipinski definition) is 6. The van der Waals surface area contributed by atoms with Crippen LogP contribution in [0.4, 0.5) is 0 Å². The molecule has 0 aliphatic rings. The average molecular weight is 338 g/mol. The predicted molar refractivity (Wildman–Crippen MR) is 94.2 cm³/mol. The molecule has 0 saturated carbocycles. The summed E-state index contributed by atoms with van der Waals surface area (Å²) >= 11 is 1.43. The van der Waals surface area contributed by atoms with E-state index in [2.05, 4.69) is 20.3 Å². The number of hydrogen-bond donors (Lipinski definition) is 2. The molecule has 2 aromatic heterocycles. The van der Waals surface area contributed by atoms with Crippen molar-refractivity contribution in [1.82, 2.24) is 9.97 Å². The Bertz CT molecular complexity index is 981. The van der Waals surface area contributed by atoms with Gasteiger partial charge in [0.2, 0.25) is 0 Å². The minimum atomic E-state index is -0.250. The van der Waals surface area contributed by atoms with E-state index in [-0.39, 0.29) is 5.56 Å². The van der Waals surface area contributed by atoms with Gasteiger partial charge < -0.3 is 5.73 Å². The molecule has 1 aromatic carbocycles. The second kappa shape index (κ2) is 7.05. The van der Waals surface area contributed by atoms with Crippen molar-refractivity contribution in [3.05, 3.63) is 58.5 Å². The third-order valence-electron chi connectivity index (χ3n) is 3.42. The van der Waals surface area contributed by atoms with Crippen LogP contribution in [-0.2, 0) is 6.42 Å². The normalized spacial score (nSPS) is 11.6. The molecule has 2 heterocycles. The summed E-state index contributed by atoms with van der Waals surface area (Å²) in [7, 11) is 0. The highest BCUT2D eigenvalue weighted by molar-refractivity contribution is 7.21. The summed E-state index contributed by atoms with van der Waals surface area (Å²) in [5.74, 6) is 0.303. The van der Waals surface area contributed by atoms with E-state index in [4.69, 9.17) is 11.3 Å². The van der Waals surface area contributed by atoms with Crippen molar-refractivity contribution in [2.45, 2.75) is 12.8 Å². The Morgan fingerprint density at radius 2 is 2.12 bits per heavy atom. The molecule has 3 rings (SSSR count). The van der Waals surface area contributed by atoms with Gasteiger partial charge in [-0.2, -0.15) is 10.5 Å². The van der Waals surface area contributed by atoms with Crippen LogP contribution in [0.5, 0.6) is 0 Å². The minimum Gasteiger partial charge on any atom is -0.386 e. The lowest BCUT2D eigenvalue weighted by Crippen LogP contribution is -2.12. The summed E-state index contributed by atoms with van der Waals surface area (Å²) in [6.45, 7) is 0. The van der Waals surface area contributed by atoms with Gasteiger partial charge in [0.25, 0.3) is 5.56 Å². The van der Waals surface area contributed by atoms with Crippen LogP contribution in [0.15, 0.2) is 57.7 Å². The lowest BCUT2D eigenvalue weighted by atomic mass is 10.1. The predicted octanol–water partition coefficient (Wildman–Crippen LogP) is 2.95. The number of benzene rings is 1. The first kappa shape index (κ1) is 15.9. The summed E-state index contributed by atoms with van der Waals surface area (Å²) in [6, 6.07) is 11.2. The Balaban J connectivity index is 1.93. The summed E-state index contributed by atoms with van der Waals surface area (Å²) in [6.07, 6.45) is 2.82. The monoisotopic (exact) mass is 338 g/mol. The maximum atomic E-state index is 12.2. The molecular weight excluding hydrogens is 324 g/mol. The van der Waals surface area contributed by atoms with Crippen LogP contribution >= 0.6 is 11.3 Å². The molecule has 0 amide bonds. The molecule has 0 spiro atoms. The topological polar surface area (TPSA) is 117 Å². The SMILES string of the molecule is N=N/N=C(\N)CCc1ccnc(-c2nc(=O)c3ccccc3s2)c1. The maximum absolute atomic E-state index is 12.2. The largest absolute Gasteiger partial charge is 0.386 e. The summed E-state index contributed by atoms with van der Waals surface area (Å²) < 4.78 is 0.883. The van der Waals surface area contributed by atoms with E-state index in [0.717, 1.165) is 10.3 Å². The number of fused-ring (bicyclic) bond motifs is 1. The maximum Gasteiger partial charge on any atom is 0.279 e. The molecule has 0 unspecified atom stereocenters. The molecule has 0 bridgehead atoms. The molecule has 3 aromatic rings. The van der Waals surface area contributed by atoms with Gasteiger partial charge in [-0.05, 0) is 36.2 Å². The van der Waals surface area contributed by atoms with Crippen LogP contribution < -0.4 is 11.3 Å². The number of rotatable bonds is 5. The molecule has 0 saturated heterocycles. The van der Waals surface area contributed by atoms with Crippen molar-refractivity contribution in [1.29, 1.82) is 5.53 Å². The van der Waals surface area contributed by atoms with Crippen molar-refractivity contribution in [2.24, 2.45) is 16.1 Å². The molecule has 120 valence electrons. The molecule has 0 aliphatic heterocycles. The first-order valence-corrected chi connectivity index (χ1v) is 8.03. The Kier molecular flexibility index (Phi) is 4.66. The van der Waals surface area contributed by atoms with E-state index in [0.29, 0.717) is 34.8 Å². The second-order valence-corrected chi connectivity index (χ2v) is 6.09. The Morgan fingerprint density at radius 3 is 2.96 bits per heavy atom. The zero-order valence-corrected chi connectivity index (χ0v) is 13.5. The van der Waals surface area contributed by atoms with E-state index in [9.17, 15) is 4.79 Å². The first-order valence-electron chi connectivity index (χ1n) is 7.21. The van der Waals surface area contributed by atoms with Gasteiger partial charge in [-0.15, -0.1) is 16.4 Å². The number of nitrogens with two attached hydrogens (primary N) is 1. The van der Waals surface area contributed by atoms with Gasteiger partial charge in [-0.3, -0.25) is 9.78 Å². The first-order chi connectivity index (χ1) is 11.7. The standard InChI is InChI=1S/C16H14N6OS/c17-14(21-22-18)6-5-10-7-8-19-12(9-10)16-20-15(23)11-3-1-2-4-13(11)24-16/h1-4,7-9H,5-6H2,(H3,17,18,21). The number of nitrogens with one attached hydrogen (secondary N) is 1. The van der Waals surface area contributed by atoms with Gasteiger partial charge in [-0.25, -0.2) is 0 Å². The summed E-state index contributed by atoms with van der Waals surface area (Å²) in [4.78, 5) is 20.6. The van der Waals surface area contributed by atoms with E-state index in [1.807, 2.05) is 30.3 Å². The Hall–Kier alpha value is -3.00. The van der Waals surface area contributed by atoms with Gasteiger partial charge in [-0.1, -0.05) is 17.4 Å².